The van der Waals surface area contributed by atoms with E-state index in [9.17, 15) is 9.59 Å². The van der Waals surface area contributed by atoms with E-state index in [0.29, 0.717) is 42.2 Å². The molecule has 24 heavy (non-hydrogen) atoms. The summed E-state index contributed by atoms with van der Waals surface area (Å²) in [5.74, 6) is -0.200. The van der Waals surface area contributed by atoms with Gasteiger partial charge >= 0.3 is 0 Å². The van der Waals surface area contributed by atoms with Gasteiger partial charge in [0.1, 0.15) is 6.54 Å². The first-order valence-electron chi connectivity index (χ1n) is 7.47. The number of aromatic nitrogens is 2. The number of rotatable bonds is 8. The Labute approximate surface area is 144 Å². The van der Waals surface area contributed by atoms with Crippen LogP contribution in [0.5, 0.6) is 0 Å². The van der Waals surface area contributed by atoms with Crippen molar-refractivity contribution in [1.82, 2.24) is 14.5 Å². The van der Waals surface area contributed by atoms with Gasteiger partial charge in [-0.15, -0.1) is 0 Å². The van der Waals surface area contributed by atoms with Crippen LogP contribution >= 0.6 is 11.6 Å². The summed E-state index contributed by atoms with van der Waals surface area (Å²) in [6.07, 6.45) is 1.38. The number of ether oxygens (including phenoxy) is 2. The molecule has 0 radical (unpaired) electrons. The van der Waals surface area contributed by atoms with Crippen molar-refractivity contribution in [1.29, 1.82) is 0 Å². The van der Waals surface area contributed by atoms with Crippen molar-refractivity contribution in [3.63, 3.8) is 0 Å². The van der Waals surface area contributed by atoms with E-state index >= 15 is 0 Å². The van der Waals surface area contributed by atoms with Crippen molar-refractivity contribution < 1.29 is 14.3 Å². The Morgan fingerprint density at radius 2 is 1.92 bits per heavy atom. The van der Waals surface area contributed by atoms with Crippen LogP contribution in [0.3, 0.4) is 0 Å². The van der Waals surface area contributed by atoms with Gasteiger partial charge in [0.25, 0.3) is 5.56 Å². The van der Waals surface area contributed by atoms with Gasteiger partial charge in [-0.2, -0.15) is 0 Å². The van der Waals surface area contributed by atoms with Crippen molar-refractivity contribution in [3.8, 4) is 0 Å². The first-order valence-corrected chi connectivity index (χ1v) is 7.85. The molecule has 1 amide bonds. The Balaban J connectivity index is 2.21. The first-order chi connectivity index (χ1) is 11.6. The van der Waals surface area contributed by atoms with E-state index in [1.807, 2.05) is 0 Å². The van der Waals surface area contributed by atoms with Gasteiger partial charge in [0, 0.05) is 32.3 Å². The van der Waals surface area contributed by atoms with Crippen LogP contribution in [-0.2, 0) is 20.8 Å². The van der Waals surface area contributed by atoms with Gasteiger partial charge in [-0.25, -0.2) is 4.98 Å². The maximum Gasteiger partial charge on any atom is 0.261 e. The number of carbonyl (C=O) groups excluding carboxylic acids is 1. The zero-order valence-electron chi connectivity index (χ0n) is 13.7. The molecular weight excluding hydrogens is 334 g/mol. The summed E-state index contributed by atoms with van der Waals surface area (Å²) >= 11 is 5.93. The monoisotopic (exact) mass is 353 g/mol. The van der Waals surface area contributed by atoms with E-state index in [1.165, 1.54) is 10.9 Å². The van der Waals surface area contributed by atoms with Crippen molar-refractivity contribution in [3.05, 3.63) is 39.9 Å². The van der Waals surface area contributed by atoms with Crippen molar-refractivity contribution in [2.75, 3.05) is 40.5 Å². The van der Waals surface area contributed by atoms with Crippen molar-refractivity contribution in [2.45, 2.75) is 6.54 Å². The van der Waals surface area contributed by atoms with E-state index in [1.54, 1.807) is 37.3 Å². The zero-order chi connectivity index (χ0) is 17.5. The number of halogens is 1. The number of amides is 1. The number of methoxy groups -OCH3 is 2. The summed E-state index contributed by atoms with van der Waals surface area (Å²) in [4.78, 5) is 30.8. The lowest BCUT2D eigenvalue weighted by Crippen LogP contribution is -2.40. The van der Waals surface area contributed by atoms with Crippen molar-refractivity contribution in [2.24, 2.45) is 0 Å². The molecule has 0 aliphatic heterocycles. The summed E-state index contributed by atoms with van der Waals surface area (Å²) in [5.41, 5.74) is 0.248. The Kier molecular flexibility index (Phi) is 6.72. The molecule has 0 spiro atoms. The molecule has 0 atom stereocenters. The van der Waals surface area contributed by atoms with Crippen LogP contribution in [0.2, 0.25) is 5.02 Å². The van der Waals surface area contributed by atoms with Crippen LogP contribution in [0, 0.1) is 0 Å². The minimum atomic E-state index is -0.297. The van der Waals surface area contributed by atoms with E-state index in [2.05, 4.69) is 4.98 Å². The van der Waals surface area contributed by atoms with Crippen molar-refractivity contribution >= 4 is 28.4 Å². The minimum absolute atomic E-state index is 0.0955. The van der Waals surface area contributed by atoms with E-state index in [0.717, 1.165) is 0 Å². The molecule has 1 aromatic heterocycles. The highest BCUT2D eigenvalue weighted by Crippen LogP contribution is 2.14. The normalized spacial score (nSPS) is 11.0. The summed E-state index contributed by atoms with van der Waals surface area (Å²) in [5, 5.41) is 0.838. The second-order valence-corrected chi connectivity index (χ2v) is 5.64. The zero-order valence-corrected chi connectivity index (χ0v) is 14.5. The van der Waals surface area contributed by atoms with Gasteiger partial charge in [-0.05, 0) is 18.2 Å². The number of hydrogen-bond donors (Lipinski definition) is 0. The molecule has 0 N–H and O–H groups in total. The molecule has 0 saturated heterocycles. The molecule has 0 aliphatic carbocycles. The average molecular weight is 354 g/mol. The molecule has 8 heteroatoms. The largest absolute Gasteiger partial charge is 0.383 e. The number of hydrogen-bond acceptors (Lipinski definition) is 5. The Morgan fingerprint density at radius 3 is 2.54 bits per heavy atom. The Morgan fingerprint density at radius 1 is 1.25 bits per heavy atom. The topological polar surface area (TPSA) is 73.7 Å². The molecule has 7 nitrogen and oxygen atoms in total. The third-order valence-electron chi connectivity index (χ3n) is 3.58. The lowest BCUT2D eigenvalue weighted by Gasteiger charge is -2.22. The maximum atomic E-state index is 12.5. The highest BCUT2D eigenvalue weighted by Gasteiger charge is 2.15. The smallest absolute Gasteiger partial charge is 0.261 e. The number of benzene rings is 1. The van der Waals surface area contributed by atoms with Crippen LogP contribution < -0.4 is 5.56 Å². The van der Waals surface area contributed by atoms with Crippen LogP contribution in [0.1, 0.15) is 0 Å². The predicted molar refractivity (Wildman–Crippen MR) is 91.3 cm³/mol. The third kappa shape index (κ3) is 4.53. The maximum absolute atomic E-state index is 12.5. The van der Waals surface area contributed by atoms with Crippen LogP contribution in [0.25, 0.3) is 10.9 Å². The summed E-state index contributed by atoms with van der Waals surface area (Å²) in [7, 11) is 3.14. The quantitative estimate of drug-likeness (QED) is 0.712. The number of fused-ring (bicyclic) bond motifs is 1. The molecule has 0 saturated carbocycles. The van der Waals surface area contributed by atoms with E-state index in [4.69, 9.17) is 21.1 Å². The lowest BCUT2D eigenvalue weighted by atomic mass is 10.2. The highest BCUT2D eigenvalue weighted by atomic mass is 35.5. The Bertz CT molecular complexity index is 755. The number of nitrogens with zero attached hydrogens (tertiary/aromatic N) is 3. The fraction of sp³-hybridized carbons (Fsp3) is 0.438. The van der Waals surface area contributed by atoms with E-state index < -0.39 is 0 Å². The van der Waals surface area contributed by atoms with Crippen LogP contribution in [-0.4, -0.2) is 60.9 Å². The third-order valence-corrected chi connectivity index (χ3v) is 3.81. The molecule has 2 aromatic rings. The Hall–Kier alpha value is -1.96. The molecule has 1 aromatic carbocycles. The van der Waals surface area contributed by atoms with Gasteiger partial charge in [0.05, 0.1) is 30.4 Å². The molecule has 1 heterocycles. The molecule has 0 unspecified atom stereocenters. The molecular formula is C16H20ClN3O4. The molecule has 2 rings (SSSR count). The first kappa shape index (κ1) is 18.4. The van der Waals surface area contributed by atoms with Crippen LogP contribution in [0.15, 0.2) is 29.3 Å². The van der Waals surface area contributed by atoms with Gasteiger partial charge in [0.15, 0.2) is 0 Å². The second kappa shape index (κ2) is 8.77. The van der Waals surface area contributed by atoms with E-state index in [-0.39, 0.29) is 18.0 Å². The van der Waals surface area contributed by atoms with Gasteiger partial charge in [0.2, 0.25) is 5.91 Å². The van der Waals surface area contributed by atoms with Gasteiger partial charge in [-0.1, -0.05) is 11.6 Å². The SMILES string of the molecule is COCCN(CCOC)C(=O)Cn1cnc2ccc(Cl)cc2c1=O. The lowest BCUT2D eigenvalue weighted by molar-refractivity contribution is -0.133. The molecule has 130 valence electrons. The fourth-order valence-electron chi connectivity index (χ4n) is 2.25. The molecule has 0 bridgehead atoms. The summed E-state index contributed by atoms with van der Waals surface area (Å²) in [6.45, 7) is 1.59. The fourth-order valence-corrected chi connectivity index (χ4v) is 2.43. The van der Waals surface area contributed by atoms with Gasteiger partial charge < -0.3 is 14.4 Å². The highest BCUT2D eigenvalue weighted by molar-refractivity contribution is 6.31. The predicted octanol–water partition coefficient (Wildman–Crippen LogP) is 1.17. The standard InChI is InChI=1S/C16H20ClN3O4/c1-23-7-5-19(6-8-24-2)15(21)10-20-11-18-14-4-3-12(17)9-13(14)16(20)22/h3-4,9,11H,5-8,10H2,1-2H3. The average Bonchev–Trinajstić information content (AvgIpc) is 2.58. The minimum Gasteiger partial charge on any atom is -0.383 e. The second-order valence-electron chi connectivity index (χ2n) is 5.21. The molecule has 0 fully saturated rings. The van der Waals surface area contributed by atoms with Crippen LogP contribution in [0.4, 0.5) is 0 Å². The van der Waals surface area contributed by atoms with Gasteiger partial charge in [-0.3, -0.25) is 14.2 Å². The number of carbonyl (C=O) groups is 1. The summed E-state index contributed by atoms with van der Waals surface area (Å²) in [6, 6.07) is 4.90. The summed E-state index contributed by atoms with van der Waals surface area (Å²) < 4.78 is 11.3. The molecule has 0 aliphatic rings.